The maximum Gasteiger partial charge on any atom is 0.573 e. The third-order valence-electron chi connectivity index (χ3n) is 7.38. The van der Waals surface area contributed by atoms with E-state index in [0.29, 0.717) is 44.1 Å². The van der Waals surface area contributed by atoms with Crippen molar-refractivity contribution in [3.8, 4) is 28.0 Å². The molecule has 2 amide bonds. The van der Waals surface area contributed by atoms with Crippen molar-refractivity contribution < 1.29 is 45.1 Å². The lowest BCUT2D eigenvalue weighted by atomic mass is 10.0. The lowest BCUT2D eigenvalue weighted by molar-refractivity contribution is -0.274. The predicted octanol–water partition coefficient (Wildman–Crippen LogP) is 7.94. The molecule has 0 saturated heterocycles. The van der Waals surface area contributed by atoms with Gasteiger partial charge in [-0.1, -0.05) is 12.1 Å². The zero-order valence-electron chi connectivity index (χ0n) is 24.4. The van der Waals surface area contributed by atoms with Gasteiger partial charge in [-0.2, -0.15) is 0 Å². The van der Waals surface area contributed by atoms with Crippen LogP contribution in [-0.2, 0) is 0 Å². The van der Waals surface area contributed by atoms with E-state index in [4.69, 9.17) is 11.5 Å². The van der Waals surface area contributed by atoms with E-state index < -0.39 is 41.4 Å². The summed E-state index contributed by atoms with van der Waals surface area (Å²) in [6.07, 6.45) is -4.79. The highest BCUT2D eigenvalue weighted by molar-refractivity contribution is 6.05. The standard InChI is InChI=1S/C17H12F4N2O2.C16H11F3N2O/c1-8-12-6-10(18)7-13(15(12)23-14(8)16(22)24)9-2-4-11(5-3-9)25-17(19,20)21;1-7-11-4-9(18)5-12(15(11)21-14(7)16(20)22)10-3-2-8(17)6-13(10)19/h2-7,23H,1H3,(H2,22,24);2-6,21H,1H3,(H2,20,22). The molecular formula is C33H23F7N4O3. The molecule has 6 rings (SSSR count). The van der Waals surface area contributed by atoms with E-state index in [1.807, 2.05) is 0 Å². The number of halogens is 7. The monoisotopic (exact) mass is 656 g/mol. The number of carbonyl (C=O) groups excluding carboxylic acids is 2. The van der Waals surface area contributed by atoms with Gasteiger partial charge in [0.2, 0.25) is 0 Å². The molecule has 2 aromatic heterocycles. The number of amides is 2. The quantitative estimate of drug-likeness (QED) is 0.141. The molecule has 0 aliphatic rings. The maximum absolute atomic E-state index is 14.0. The minimum atomic E-state index is -4.79. The number of primary amides is 2. The number of alkyl halides is 3. The van der Waals surface area contributed by atoms with Crippen molar-refractivity contribution >= 4 is 33.6 Å². The van der Waals surface area contributed by atoms with Crippen LogP contribution in [-0.4, -0.2) is 28.1 Å². The fraction of sp³-hybridized carbons (Fsp3) is 0.0909. The third kappa shape index (κ3) is 6.61. The molecule has 0 atom stereocenters. The summed E-state index contributed by atoms with van der Waals surface area (Å²) in [5.41, 5.74) is 13.7. The fourth-order valence-electron chi connectivity index (χ4n) is 5.26. The van der Waals surface area contributed by atoms with Gasteiger partial charge in [-0.25, -0.2) is 17.6 Å². The average Bonchev–Trinajstić information content (AvgIpc) is 3.49. The van der Waals surface area contributed by atoms with E-state index in [2.05, 4.69) is 14.7 Å². The molecule has 4 aromatic carbocycles. The van der Waals surface area contributed by atoms with E-state index >= 15 is 0 Å². The molecule has 2 heterocycles. The largest absolute Gasteiger partial charge is 0.573 e. The van der Waals surface area contributed by atoms with Crippen molar-refractivity contribution in [2.75, 3.05) is 0 Å². The van der Waals surface area contributed by atoms with Crippen molar-refractivity contribution in [3.05, 3.63) is 113 Å². The Morgan fingerprint density at radius 1 is 0.638 bits per heavy atom. The second kappa shape index (κ2) is 12.2. The number of fused-ring (bicyclic) bond motifs is 2. The van der Waals surface area contributed by atoms with Crippen LogP contribution in [0.15, 0.2) is 66.7 Å². The van der Waals surface area contributed by atoms with Gasteiger partial charge in [0.25, 0.3) is 11.8 Å². The highest BCUT2D eigenvalue weighted by Gasteiger charge is 2.31. The van der Waals surface area contributed by atoms with Gasteiger partial charge in [0, 0.05) is 33.5 Å². The first-order valence-electron chi connectivity index (χ1n) is 13.6. The predicted molar refractivity (Wildman–Crippen MR) is 160 cm³/mol. The van der Waals surface area contributed by atoms with Crippen LogP contribution in [0.2, 0.25) is 0 Å². The van der Waals surface area contributed by atoms with E-state index in [0.717, 1.165) is 30.3 Å². The molecule has 0 radical (unpaired) electrons. The topological polar surface area (TPSA) is 127 Å². The van der Waals surface area contributed by atoms with E-state index in [1.165, 1.54) is 36.4 Å². The molecule has 47 heavy (non-hydrogen) atoms. The van der Waals surface area contributed by atoms with Crippen LogP contribution < -0.4 is 16.2 Å². The molecule has 0 aliphatic carbocycles. The van der Waals surface area contributed by atoms with Gasteiger partial charge < -0.3 is 26.2 Å². The van der Waals surface area contributed by atoms with Gasteiger partial charge in [0.1, 0.15) is 40.4 Å². The summed E-state index contributed by atoms with van der Waals surface area (Å²) in [6, 6.07) is 12.9. The number of hydrogen-bond acceptors (Lipinski definition) is 3. The molecule has 0 bridgehead atoms. The van der Waals surface area contributed by atoms with E-state index in [1.54, 1.807) is 13.8 Å². The summed E-state index contributed by atoms with van der Waals surface area (Å²) in [5.74, 6) is -4.45. The number of rotatable bonds is 5. The van der Waals surface area contributed by atoms with Crippen molar-refractivity contribution in [3.63, 3.8) is 0 Å². The summed E-state index contributed by atoms with van der Waals surface area (Å²) in [6.45, 7) is 3.24. The summed E-state index contributed by atoms with van der Waals surface area (Å²) < 4.78 is 95.4. The van der Waals surface area contributed by atoms with Gasteiger partial charge in [0.15, 0.2) is 0 Å². The fourth-order valence-corrected chi connectivity index (χ4v) is 5.26. The summed E-state index contributed by atoms with van der Waals surface area (Å²) in [5, 5.41) is 0.895. The lowest BCUT2D eigenvalue weighted by Crippen LogP contribution is -2.16. The molecular weight excluding hydrogens is 633 g/mol. The molecule has 0 fully saturated rings. The molecule has 242 valence electrons. The number of H-pyrrole nitrogens is 2. The Bertz CT molecular complexity index is 2190. The number of aromatic amines is 2. The van der Waals surface area contributed by atoms with Gasteiger partial charge in [-0.05, 0) is 79.1 Å². The number of carbonyl (C=O) groups is 2. The Balaban J connectivity index is 0.000000186. The van der Waals surface area contributed by atoms with Gasteiger partial charge in [0.05, 0.1) is 11.0 Å². The highest BCUT2D eigenvalue weighted by Crippen LogP contribution is 2.35. The third-order valence-corrected chi connectivity index (χ3v) is 7.38. The second-order valence-electron chi connectivity index (χ2n) is 10.4. The first-order chi connectivity index (χ1) is 22.0. The SMILES string of the molecule is Cc1c(C(N)=O)[nH]c2c(-c3ccc(F)cc3F)cc(F)cc12.Cc1c(C(N)=O)[nH]c2c(-c3ccc(OC(F)(F)F)cc3)cc(F)cc12. The average molecular weight is 657 g/mol. The van der Waals surface area contributed by atoms with Crippen LogP contribution in [0.25, 0.3) is 44.1 Å². The molecule has 6 aromatic rings. The van der Waals surface area contributed by atoms with E-state index in [-0.39, 0.29) is 28.3 Å². The van der Waals surface area contributed by atoms with Crippen LogP contribution in [0.5, 0.6) is 5.75 Å². The molecule has 0 unspecified atom stereocenters. The van der Waals surface area contributed by atoms with Gasteiger partial charge >= 0.3 is 6.36 Å². The number of nitrogens with one attached hydrogen (secondary N) is 2. The Morgan fingerprint density at radius 3 is 1.60 bits per heavy atom. The van der Waals surface area contributed by atoms with Gasteiger partial charge in [-0.15, -0.1) is 13.2 Å². The van der Waals surface area contributed by atoms with Crippen LogP contribution in [0.3, 0.4) is 0 Å². The first-order valence-corrected chi connectivity index (χ1v) is 13.6. The minimum absolute atomic E-state index is 0.0307. The Kier molecular flexibility index (Phi) is 8.46. The van der Waals surface area contributed by atoms with Crippen LogP contribution in [0.4, 0.5) is 30.7 Å². The number of nitrogens with two attached hydrogens (primary N) is 2. The normalized spacial score (nSPS) is 11.4. The number of hydrogen-bond donors (Lipinski definition) is 4. The minimum Gasteiger partial charge on any atom is -0.406 e. The zero-order valence-corrected chi connectivity index (χ0v) is 24.4. The Labute approximate surface area is 260 Å². The summed E-state index contributed by atoms with van der Waals surface area (Å²) >= 11 is 0. The zero-order chi connectivity index (χ0) is 34.4. The first kappa shape index (κ1) is 32.6. The number of aryl methyl sites for hydroxylation is 2. The summed E-state index contributed by atoms with van der Waals surface area (Å²) in [4.78, 5) is 28.5. The van der Waals surface area contributed by atoms with Crippen LogP contribution in [0.1, 0.15) is 32.1 Å². The van der Waals surface area contributed by atoms with Crippen LogP contribution in [0, 0.1) is 37.1 Å². The highest BCUT2D eigenvalue weighted by atomic mass is 19.4. The van der Waals surface area contributed by atoms with Crippen molar-refractivity contribution in [2.45, 2.75) is 20.2 Å². The van der Waals surface area contributed by atoms with E-state index in [9.17, 15) is 40.3 Å². The van der Waals surface area contributed by atoms with Crippen molar-refractivity contribution in [2.24, 2.45) is 11.5 Å². The van der Waals surface area contributed by atoms with Crippen LogP contribution >= 0.6 is 0 Å². The molecule has 7 nitrogen and oxygen atoms in total. The molecule has 14 heteroatoms. The van der Waals surface area contributed by atoms with Gasteiger partial charge in [-0.3, -0.25) is 9.59 Å². The molecule has 0 saturated carbocycles. The maximum atomic E-state index is 14.0. The molecule has 6 N–H and O–H groups in total. The number of ether oxygens (including phenoxy) is 1. The Hall–Kier alpha value is -5.79. The molecule has 0 spiro atoms. The number of benzene rings is 4. The van der Waals surface area contributed by atoms with Crippen molar-refractivity contribution in [1.82, 2.24) is 9.97 Å². The number of aromatic nitrogens is 2. The molecule has 0 aliphatic heterocycles. The van der Waals surface area contributed by atoms with Crippen molar-refractivity contribution in [1.29, 1.82) is 0 Å². The second-order valence-corrected chi connectivity index (χ2v) is 10.4. The lowest BCUT2D eigenvalue weighted by Gasteiger charge is -2.10. The Morgan fingerprint density at radius 2 is 1.13 bits per heavy atom. The summed E-state index contributed by atoms with van der Waals surface area (Å²) in [7, 11) is 0. The smallest absolute Gasteiger partial charge is 0.406 e.